The van der Waals surface area contributed by atoms with E-state index >= 15 is 0 Å². The average molecular weight is 355 g/mol. The van der Waals surface area contributed by atoms with Gasteiger partial charge in [0, 0.05) is 12.5 Å². The van der Waals surface area contributed by atoms with Crippen molar-refractivity contribution in [3.05, 3.63) is 88.4 Å². The van der Waals surface area contributed by atoms with Gasteiger partial charge in [-0.15, -0.1) is 0 Å². The Labute approximate surface area is 145 Å². The second kappa shape index (κ2) is 6.52. The van der Waals surface area contributed by atoms with Gasteiger partial charge in [0.1, 0.15) is 4.90 Å². The van der Waals surface area contributed by atoms with Gasteiger partial charge in [0.05, 0.1) is 12.2 Å². The highest BCUT2D eigenvalue weighted by molar-refractivity contribution is 7.90. The fourth-order valence-electron chi connectivity index (χ4n) is 2.57. The zero-order chi connectivity index (χ0) is 18.0. The van der Waals surface area contributed by atoms with Crippen molar-refractivity contribution in [1.29, 1.82) is 5.41 Å². The molecule has 1 aromatic heterocycles. The maximum atomic E-state index is 12.9. The Morgan fingerprint density at radius 3 is 2.08 bits per heavy atom. The highest BCUT2D eigenvalue weighted by atomic mass is 32.2. The van der Waals surface area contributed by atoms with Crippen LogP contribution in [0.2, 0.25) is 0 Å². The Morgan fingerprint density at radius 1 is 0.960 bits per heavy atom. The maximum Gasteiger partial charge on any atom is 0.334 e. The minimum Gasteiger partial charge on any atom is -0.294 e. The van der Waals surface area contributed by atoms with E-state index in [0.29, 0.717) is 5.69 Å². The molecule has 7 heteroatoms. The van der Waals surface area contributed by atoms with Gasteiger partial charge in [0.15, 0.2) is 15.3 Å². The predicted octanol–water partition coefficient (Wildman–Crippen LogP) is 1.57. The second-order valence-electron chi connectivity index (χ2n) is 5.68. The molecule has 128 valence electrons. The first-order valence-electron chi connectivity index (χ1n) is 7.58. The van der Waals surface area contributed by atoms with E-state index in [2.05, 4.69) is 0 Å². The molecule has 6 nitrogen and oxygen atoms in total. The van der Waals surface area contributed by atoms with E-state index < -0.39 is 15.5 Å². The summed E-state index contributed by atoms with van der Waals surface area (Å²) in [4.78, 5) is 12.7. The van der Waals surface area contributed by atoms with Crippen LogP contribution in [0, 0.1) is 5.41 Å². The van der Waals surface area contributed by atoms with Gasteiger partial charge >= 0.3 is 5.69 Å². The van der Waals surface area contributed by atoms with Gasteiger partial charge in [-0.2, -0.15) is 0 Å². The summed E-state index contributed by atoms with van der Waals surface area (Å²) in [5.41, 5.74) is 0.502. The molecule has 0 aliphatic rings. The lowest BCUT2D eigenvalue weighted by molar-refractivity contribution is 0.587. The van der Waals surface area contributed by atoms with E-state index in [1.807, 2.05) is 30.3 Å². The third-order valence-corrected chi connectivity index (χ3v) is 4.87. The van der Waals surface area contributed by atoms with Gasteiger partial charge in [-0.1, -0.05) is 48.5 Å². The Hall–Kier alpha value is -2.93. The topological polar surface area (TPSA) is 84.9 Å². The van der Waals surface area contributed by atoms with Crippen molar-refractivity contribution >= 4 is 9.84 Å². The molecule has 0 aliphatic heterocycles. The van der Waals surface area contributed by atoms with Crippen LogP contribution < -0.4 is 11.2 Å². The molecule has 3 aromatic rings. The SMILES string of the molecule is CS(=O)(=O)c1cn(Cc2ccccc2)c(=O)n(-c2ccccc2)c1=N. The van der Waals surface area contributed by atoms with E-state index in [-0.39, 0.29) is 16.9 Å². The molecule has 25 heavy (non-hydrogen) atoms. The van der Waals surface area contributed by atoms with E-state index in [1.165, 1.54) is 10.8 Å². The van der Waals surface area contributed by atoms with Gasteiger partial charge in [0.25, 0.3) is 0 Å². The predicted molar refractivity (Wildman–Crippen MR) is 94.5 cm³/mol. The van der Waals surface area contributed by atoms with Crippen LogP contribution in [-0.4, -0.2) is 23.8 Å². The highest BCUT2D eigenvalue weighted by Crippen LogP contribution is 2.07. The Bertz CT molecular complexity index is 1120. The Kier molecular flexibility index (Phi) is 4.41. The molecule has 0 bridgehead atoms. The van der Waals surface area contributed by atoms with Crippen molar-refractivity contribution in [3.8, 4) is 5.69 Å². The molecule has 0 radical (unpaired) electrons. The molecule has 0 fully saturated rings. The fourth-order valence-corrected chi connectivity index (χ4v) is 3.33. The third kappa shape index (κ3) is 3.46. The smallest absolute Gasteiger partial charge is 0.294 e. The number of hydrogen-bond acceptors (Lipinski definition) is 4. The Morgan fingerprint density at radius 2 is 1.52 bits per heavy atom. The first-order valence-corrected chi connectivity index (χ1v) is 9.47. The molecule has 0 spiro atoms. The number of aromatic nitrogens is 2. The van der Waals surface area contributed by atoms with Crippen LogP contribution in [0.3, 0.4) is 0 Å². The largest absolute Gasteiger partial charge is 0.334 e. The number of rotatable bonds is 4. The lowest BCUT2D eigenvalue weighted by atomic mass is 10.2. The molecule has 0 aliphatic carbocycles. The number of nitrogens with zero attached hydrogens (tertiary/aromatic N) is 2. The average Bonchev–Trinajstić information content (AvgIpc) is 2.58. The summed E-state index contributed by atoms with van der Waals surface area (Å²) in [7, 11) is -3.66. The summed E-state index contributed by atoms with van der Waals surface area (Å²) >= 11 is 0. The van der Waals surface area contributed by atoms with Crippen molar-refractivity contribution in [1.82, 2.24) is 9.13 Å². The minimum absolute atomic E-state index is 0.188. The second-order valence-corrected chi connectivity index (χ2v) is 7.67. The number of para-hydroxylation sites is 1. The molecule has 2 aromatic carbocycles. The maximum absolute atomic E-state index is 12.9. The molecular formula is C18H17N3O3S. The summed E-state index contributed by atoms with van der Waals surface area (Å²) in [6.45, 7) is 0.218. The van der Waals surface area contributed by atoms with E-state index in [0.717, 1.165) is 16.4 Å². The zero-order valence-electron chi connectivity index (χ0n) is 13.6. The summed E-state index contributed by atoms with van der Waals surface area (Å²) < 4.78 is 26.6. The van der Waals surface area contributed by atoms with E-state index in [1.54, 1.807) is 30.3 Å². The summed E-state index contributed by atoms with van der Waals surface area (Å²) in [5.74, 6) is 0. The molecule has 1 heterocycles. The molecule has 0 saturated heterocycles. The number of nitrogens with one attached hydrogen (secondary N) is 1. The van der Waals surface area contributed by atoms with Crippen LogP contribution in [0.5, 0.6) is 0 Å². The summed E-state index contributed by atoms with van der Waals surface area (Å²) in [6, 6.07) is 17.9. The molecule has 0 unspecified atom stereocenters. The minimum atomic E-state index is -3.66. The zero-order valence-corrected chi connectivity index (χ0v) is 14.4. The molecule has 0 amide bonds. The van der Waals surface area contributed by atoms with Crippen LogP contribution in [0.1, 0.15) is 5.56 Å². The number of benzene rings is 2. The van der Waals surface area contributed by atoms with Gasteiger partial charge in [-0.3, -0.25) is 9.98 Å². The molecule has 0 saturated carbocycles. The lowest BCUT2D eigenvalue weighted by Crippen LogP contribution is -2.41. The summed E-state index contributed by atoms with van der Waals surface area (Å²) in [6.07, 6.45) is 2.28. The van der Waals surface area contributed by atoms with Crippen molar-refractivity contribution < 1.29 is 8.42 Å². The monoisotopic (exact) mass is 355 g/mol. The highest BCUT2D eigenvalue weighted by Gasteiger charge is 2.17. The van der Waals surface area contributed by atoms with Crippen molar-refractivity contribution in [2.24, 2.45) is 0 Å². The van der Waals surface area contributed by atoms with Crippen molar-refractivity contribution in [3.63, 3.8) is 0 Å². The molecule has 3 rings (SSSR count). The summed E-state index contributed by atoms with van der Waals surface area (Å²) in [5, 5.41) is 8.23. The van der Waals surface area contributed by atoms with Gasteiger partial charge in [0.2, 0.25) is 0 Å². The van der Waals surface area contributed by atoms with Crippen LogP contribution in [-0.2, 0) is 16.4 Å². The molecule has 1 N–H and O–H groups in total. The van der Waals surface area contributed by atoms with Gasteiger partial charge < -0.3 is 0 Å². The van der Waals surface area contributed by atoms with Crippen molar-refractivity contribution in [2.75, 3.05) is 6.26 Å². The number of hydrogen-bond donors (Lipinski definition) is 1. The standard InChI is InChI=1S/C18H17N3O3S/c1-25(23,24)16-13-20(12-14-8-4-2-5-9-14)18(22)21(17(16)19)15-10-6-3-7-11-15/h2-11,13,19H,12H2,1H3. The van der Waals surface area contributed by atoms with Crippen LogP contribution in [0.25, 0.3) is 5.69 Å². The first-order chi connectivity index (χ1) is 11.9. The third-order valence-electron chi connectivity index (χ3n) is 3.78. The van der Waals surface area contributed by atoms with Gasteiger partial charge in [-0.25, -0.2) is 17.8 Å². The molecular weight excluding hydrogens is 338 g/mol. The normalized spacial score (nSPS) is 11.4. The number of sulfone groups is 1. The first kappa shape index (κ1) is 16.9. The molecule has 0 atom stereocenters. The van der Waals surface area contributed by atoms with Crippen LogP contribution in [0.4, 0.5) is 0 Å². The van der Waals surface area contributed by atoms with Crippen LogP contribution >= 0.6 is 0 Å². The van der Waals surface area contributed by atoms with Gasteiger partial charge in [-0.05, 0) is 17.7 Å². The van der Waals surface area contributed by atoms with E-state index in [4.69, 9.17) is 5.41 Å². The van der Waals surface area contributed by atoms with Crippen molar-refractivity contribution in [2.45, 2.75) is 11.4 Å². The van der Waals surface area contributed by atoms with Crippen LogP contribution in [0.15, 0.2) is 76.6 Å². The quantitative estimate of drug-likeness (QED) is 0.771. The van der Waals surface area contributed by atoms with E-state index in [9.17, 15) is 13.2 Å². The lowest BCUT2D eigenvalue weighted by Gasteiger charge is -2.14. The fraction of sp³-hybridized carbons (Fsp3) is 0.111. The Balaban J connectivity index is 2.30.